The summed E-state index contributed by atoms with van der Waals surface area (Å²) in [6, 6.07) is 19.0. The Labute approximate surface area is 165 Å². The Bertz CT molecular complexity index is 898. The van der Waals surface area contributed by atoms with Crippen LogP contribution >= 0.6 is 11.3 Å². The minimum Gasteiger partial charge on any atom is -0.295 e. The van der Waals surface area contributed by atoms with Gasteiger partial charge in [0.05, 0.1) is 17.0 Å². The highest BCUT2D eigenvalue weighted by atomic mass is 32.1. The van der Waals surface area contributed by atoms with E-state index in [0.717, 1.165) is 30.5 Å². The van der Waals surface area contributed by atoms with Crippen molar-refractivity contribution in [2.24, 2.45) is 17.3 Å². The average Bonchev–Trinajstić information content (AvgIpc) is 2.94. The molecular formula is C22H27N4S+. The molecule has 1 heterocycles. The molecule has 0 aliphatic heterocycles. The fourth-order valence-electron chi connectivity index (χ4n) is 2.89. The number of hydrogen-bond donors (Lipinski definition) is 0. The normalized spacial score (nSPS) is 11.6. The molecule has 0 aliphatic carbocycles. The van der Waals surface area contributed by atoms with Gasteiger partial charge < -0.3 is 0 Å². The summed E-state index contributed by atoms with van der Waals surface area (Å²) in [5, 5.41) is 9.74. The molecule has 0 saturated heterocycles. The fourth-order valence-corrected chi connectivity index (χ4v) is 3.81. The van der Waals surface area contributed by atoms with E-state index in [1.165, 1.54) is 21.7 Å². The minimum absolute atomic E-state index is 0.883. The molecule has 0 unspecified atom stereocenters. The second kappa shape index (κ2) is 9.02. The Morgan fingerprint density at radius 2 is 1.52 bits per heavy atom. The van der Waals surface area contributed by atoms with Crippen LogP contribution in [0.15, 0.2) is 64.8 Å². The highest BCUT2D eigenvalue weighted by Gasteiger charge is 2.15. The molecule has 2 aromatic carbocycles. The summed E-state index contributed by atoms with van der Waals surface area (Å²) < 4.78 is 2.08. The van der Waals surface area contributed by atoms with Gasteiger partial charge >= 0.3 is 5.13 Å². The van der Waals surface area contributed by atoms with Crippen LogP contribution in [0.3, 0.4) is 0 Å². The van der Waals surface area contributed by atoms with Gasteiger partial charge in [0.15, 0.2) is 0 Å². The molecule has 0 spiro atoms. The van der Waals surface area contributed by atoms with Crippen molar-refractivity contribution in [3.8, 4) is 0 Å². The van der Waals surface area contributed by atoms with Crippen LogP contribution < -0.4 is 4.57 Å². The SMILES string of the molecule is CCN(Cc1ccccc1)Cc1ccc(N=Nc2sc(C)c(C)[n+]2C)cc1. The maximum Gasteiger partial charge on any atom is 0.408 e. The van der Waals surface area contributed by atoms with E-state index in [2.05, 4.69) is 82.9 Å². The molecule has 0 fully saturated rings. The van der Waals surface area contributed by atoms with Crippen LogP contribution in [0.2, 0.25) is 0 Å². The minimum atomic E-state index is 0.883. The smallest absolute Gasteiger partial charge is 0.295 e. The molecule has 0 aliphatic rings. The topological polar surface area (TPSA) is 31.8 Å². The van der Waals surface area contributed by atoms with E-state index in [9.17, 15) is 0 Å². The van der Waals surface area contributed by atoms with Gasteiger partial charge in [-0.2, -0.15) is 0 Å². The second-order valence-electron chi connectivity index (χ2n) is 6.74. The highest BCUT2D eigenvalue weighted by molar-refractivity contribution is 7.14. The van der Waals surface area contributed by atoms with Crippen LogP contribution in [0.1, 0.15) is 28.6 Å². The third kappa shape index (κ3) is 5.08. The Hall–Kier alpha value is -2.37. The monoisotopic (exact) mass is 379 g/mol. The number of benzene rings is 2. The number of hydrogen-bond acceptors (Lipinski definition) is 4. The lowest BCUT2D eigenvalue weighted by Crippen LogP contribution is -2.28. The zero-order chi connectivity index (χ0) is 19.2. The third-order valence-corrected chi connectivity index (χ3v) is 5.97. The summed E-state index contributed by atoms with van der Waals surface area (Å²) >= 11 is 1.67. The molecule has 0 bridgehead atoms. The van der Waals surface area contributed by atoms with Gasteiger partial charge in [0.2, 0.25) is 0 Å². The average molecular weight is 380 g/mol. The molecule has 0 saturated carbocycles. The largest absolute Gasteiger partial charge is 0.408 e. The van der Waals surface area contributed by atoms with Gasteiger partial charge in [-0.3, -0.25) is 4.90 Å². The van der Waals surface area contributed by atoms with Crippen molar-refractivity contribution in [1.82, 2.24) is 4.90 Å². The summed E-state index contributed by atoms with van der Waals surface area (Å²) in [5.74, 6) is 0. The van der Waals surface area contributed by atoms with E-state index in [4.69, 9.17) is 0 Å². The van der Waals surface area contributed by atoms with Crippen molar-refractivity contribution in [3.05, 3.63) is 76.3 Å². The molecule has 4 nitrogen and oxygen atoms in total. The second-order valence-corrected chi connectivity index (χ2v) is 7.92. The van der Waals surface area contributed by atoms with Gasteiger partial charge in [0.25, 0.3) is 0 Å². The van der Waals surface area contributed by atoms with Crippen molar-refractivity contribution >= 4 is 22.2 Å². The molecule has 0 N–H and O–H groups in total. The molecule has 0 amide bonds. The van der Waals surface area contributed by atoms with Crippen molar-refractivity contribution in [2.75, 3.05) is 6.54 Å². The van der Waals surface area contributed by atoms with Gasteiger partial charge in [-0.15, -0.1) is 0 Å². The molecule has 3 rings (SSSR count). The summed E-state index contributed by atoms with van der Waals surface area (Å²) in [6.45, 7) is 9.34. The Morgan fingerprint density at radius 3 is 2.07 bits per heavy atom. The van der Waals surface area contributed by atoms with E-state index in [1.807, 2.05) is 19.2 Å². The maximum atomic E-state index is 4.42. The molecule has 1 aromatic heterocycles. The summed E-state index contributed by atoms with van der Waals surface area (Å²) in [4.78, 5) is 3.71. The molecule has 0 radical (unpaired) electrons. The van der Waals surface area contributed by atoms with Crippen LogP contribution in [-0.2, 0) is 20.1 Å². The molecule has 5 heteroatoms. The van der Waals surface area contributed by atoms with Gasteiger partial charge in [-0.05, 0) is 60.1 Å². The fraction of sp³-hybridized carbons (Fsp3) is 0.318. The van der Waals surface area contributed by atoms with Crippen molar-refractivity contribution in [1.29, 1.82) is 0 Å². The lowest BCUT2D eigenvalue weighted by atomic mass is 10.1. The molecule has 3 aromatic rings. The first-order valence-electron chi connectivity index (χ1n) is 9.29. The van der Waals surface area contributed by atoms with Crippen LogP contribution in [0.4, 0.5) is 10.8 Å². The first kappa shape index (κ1) is 19.4. The summed E-state index contributed by atoms with van der Waals surface area (Å²) in [7, 11) is 2.03. The number of nitrogens with zero attached hydrogens (tertiary/aromatic N) is 4. The summed E-state index contributed by atoms with van der Waals surface area (Å²) in [5.41, 5.74) is 4.76. The van der Waals surface area contributed by atoms with E-state index in [1.54, 1.807) is 11.3 Å². The molecule has 140 valence electrons. The number of aromatic nitrogens is 1. The number of aryl methyl sites for hydroxylation is 1. The van der Waals surface area contributed by atoms with Crippen LogP contribution in [0.25, 0.3) is 0 Å². The third-order valence-electron chi connectivity index (χ3n) is 4.83. The van der Waals surface area contributed by atoms with Gasteiger partial charge in [-0.1, -0.05) is 49.4 Å². The van der Waals surface area contributed by atoms with E-state index in [-0.39, 0.29) is 0 Å². The Balaban J connectivity index is 1.64. The van der Waals surface area contributed by atoms with Crippen LogP contribution in [-0.4, -0.2) is 11.4 Å². The first-order valence-corrected chi connectivity index (χ1v) is 10.1. The first-order chi connectivity index (χ1) is 13.1. The lowest BCUT2D eigenvalue weighted by Gasteiger charge is -2.20. The lowest BCUT2D eigenvalue weighted by molar-refractivity contribution is -0.660. The van der Waals surface area contributed by atoms with Crippen LogP contribution in [0, 0.1) is 13.8 Å². The molecule has 0 atom stereocenters. The number of thiazole rings is 1. The number of rotatable bonds is 7. The predicted molar refractivity (Wildman–Crippen MR) is 112 cm³/mol. The molecular weight excluding hydrogens is 352 g/mol. The van der Waals surface area contributed by atoms with Gasteiger partial charge in [0, 0.05) is 13.1 Å². The van der Waals surface area contributed by atoms with Gasteiger partial charge in [0.1, 0.15) is 11.4 Å². The van der Waals surface area contributed by atoms with Crippen molar-refractivity contribution in [2.45, 2.75) is 33.9 Å². The standard InChI is InChI=1S/C22H27N4S/c1-5-26(15-19-9-7-6-8-10-19)16-20-11-13-21(14-12-20)23-24-22-25(4)17(2)18(3)27-22/h6-14H,5,15-16H2,1-4H3/q+1. The van der Waals surface area contributed by atoms with E-state index < -0.39 is 0 Å². The quantitative estimate of drug-likeness (QED) is 0.387. The maximum absolute atomic E-state index is 4.42. The zero-order valence-corrected chi connectivity index (χ0v) is 17.3. The molecule has 27 heavy (non-hydrogen) atoms. The Morgan fingerprint density at radius 1 is 0.889 bits per heavy atom. The summed E-state index contributed by atoms with van der Waals surface area (Å²) in [6.07, 6.45) is 0. The highest BCUT2D eigenvalue weighted by Crippen LogP contribution is 2.24. The van der Waals surface area contributed by atoms with Crippen LogP contribution in [0.5, 0.6) is 0 Å². The zero-order valence-electron chi connectivity index (χ0n) is 16.5. The number of azo groups is 1. The van der Waals surface area contributed by atoms with E-state index >= 15 is 0 Å². The van der Waals surface area contributed by atoms with Crippen molar-refractivity contribution in [3.63, 3.8) is 0 Å². The van der Waals surface area contributed by atoms with Gasteiger partial charge in [-0.25, -0.2) is 4.57 Å². The predicted octanol–water partition coefficient (Wildman–Crippen LogP) is 5.63. The van der Waals surface area contributed by atoms with Crippen molar-refractivity contribution < 1.29 is 4.57 Å². The van der Waals surface area contributed by atoms with E-state index in [0.29, 0.717) is 0 Å². The Kier molecular flexibility index (Phi) is 6.48.